The van der Waals surface area contributed by atoms with Gasteiger partial charge < -0.3 is 9.47 Å². The molecule has 0 aliphatic carbocycles. The van der Waals surface area contributed by atoms with Gasteiger partial charge in [-0.2, -0.15) is 0 Å². The van der Waals surface area contributed by atoms with Crippen LogP contribution in [0.4, 0.5) is 0 Å². The molecule has 0 bridgehead atoms. The zero-order chi connectivity index (χ0) is 23.1. The molecule has 2 aliphatic heterocycles. The van der Waals surface area contributed by atoms with Crippen molar-refractivity contribution < 1.29 is 14.3 Å². The Morgan fingerprint density at radius 2 is 1.76 bits per heavy atom. The first-order valence-electron chi connectivity index (χ1n) is 10.5. The third kappa shape index (κ3) is 4.49. The van der Waals surface area contributed by atoms with E-state index in [-0.39, 0.29) is 5.78 Å². The molecular formula is C26H20Cl3NO3. The molecule has 3 aromatic rings. The summed E-state index contributed by atoms with van der Waals surface area (Å²) in [6.45, 7) is 3.83. The Bertz CT molecular complexity index is 1280. The van der Waals surface area contributed by atoms with Gasteiger partial charge >= 0.3 is 0 Å². The van der Waals surface area contributed by atoms with Gasteiger partial charge in [0.05, 0.1) is 5.56 Å². The Labute approximate surface area is 207 Å². The number of hydrogen-bond donors (Lipinski definition) is 0. The van der Waals surface area contributed by atoms with Gasteiger partial charge in [-0.15, -0.1) is 0 Å². The second-order valence-corrected chi connectivity index (χ2v) is 9.45. The number of benzene rings is 3. The lowest BCUT2D eigenvalue weighted by atomic mass is 10.00. The van der Waals surface area contributed by atoms with Gasteiger partial charge in [0.2, 0.25) is 5.78 Å². The van der Waals surface area contributed by atoms with E-state index in [1.54, 1.807) is 24.3 Å². The lowest BCUT2D eigenvalue weighted by Gasteiger charge is -2.30. The highest BCUT2D eigenvalue weighted by Crippen LogP contribution is 2.43. The normalized spacial score (nSPS) is 16.4. The van der Waals surface area contributed by atoms with E-state index in [4.69, 9.17) is 44.3 Å². The van der Waals surface area contributed by atoms with E-state index in [1.807, 2.05) is 37.3 Å². The van der Waals surface area contributed by atoms with Crippen LogP contribution < -0.4 is 9.47 Å². The molecule has 0 saturated carbocycles. The van der Waals surface area contributed by atoms with Crippen molar-refractivity contribution in [1.82, 2.24) is 4.90 Å². The predicted molar refractivity (Wildman–Crippen MR) is 132 cm³/mol. The standard InChI is InChI=1S/C26H20Cl3NO3/c1-15-25-18(13-30(14-32-25)9-8-17-4-7-20(28)12-22(17)29)11-21-24(31)23(33-26(15)21)10-16-2-5-19(27)6-3-16/h2-7,10-12H,8-9,13-14H2,1H3/b23-10-. The summed E-state index contributed by atoms with van der Waals surface area (Å²) >= 11 is 18.3. The maximum atomic E-state index is 13.1. The highest BCUT2D eigenvalue weighted by molar-refractivity contribution is 6.35. The van der Waals surface area contributed by atoms with Crippen LogP contribution in [0.25, 0.3) is 6.08 Å². The number of nitrogens with zero attached hydrogens (tertiary/aromatic N) is 1. The maximum absolute atomic E-state index is 13.1. The van der Waals surface area contributed by atoms with Crippen molar-refractivity contribution in [2.24, 2.45) is 0 Å². The molecule has 0 fully saturated rings. The number of Topliss-reactive ketones (excluding diaryl/α,β-unsaturated/α-hetero) is 1. The van der Waals surface area contributed by atoms with Crippen molar-refractivity contribution >= 4 is 46.7 Å². The van der Waals surface area contributed by atoms with Crippen LogP contribution in [-0.2, 0) is 13.0 Å². The summed E-state index contributed by atoms with van der Waals surface area (Å²) in [4.78, 5) is 15.2. The molecule has 0 atom stereocenters. The van der Waals surface area contributed by atoms with E-state index in [2.05, 4.69) is 4.90 Å². The molecule has 33 heavy (non-hydrogen) atoms. The van der Waals surface area contributed by atoms with Crippen LogP contribution in [0.15, 0.2) is 54.3 Å². The number of fused-ring (bicyclic) bond motifs is 2. The fraction of sp³-hybridized carbons (Fsp3) is 0.192. The third-order valence-electron chi connectivity index (χ3n) is 5.88. The molecule has 0 aromatic heterocycles. The summed E-state index contributed by atoms with van der Waals surface area (Å²) in [6.07, 6.45) is 2.51. The minimum absolute atomic E-state index is 0.129. The quantitative estimate of drug-likeness (QED) is 0.363. The van der Waals surface area contributed by atoms with Crippen LogP contribution in [0.5, 0.6) is 11.5 Å². The van der Waals surface area contributed by atoms with Crippen LogP contribution in [0.3, 0.4) is 0 Å². The van der Waals surface area contributed by atoms with Crippen molar-refractivity contribution in [2.75, 3.05) is 13.3 Å². The molecule has 0 radical (unpaired) electrons. The number of halogens is 3. The van der Waals surface area contributed by atoms with Gasteiger partial charge in [0, 0.05) is 39.3 Å². The average molecular weight is 501 g/mol. The number of ketones is 1. The van der Waals surface area contributed by atoms with Gasteiger partial charge in [0.25, 0.3) is 0 Å². The first kappa shape index (κ1) is 22.3. The van der Waals surface area contributed by atoms with E-state index in [0.717, 1.165) is 41.0 Å². The summed E-state index contributed by atoms with van der Waals surface area (Å²) < 4.78 is 12.0. The zero-order valence-corrected chi connectivity index (χ0v) is 20.1. The zero-order valence-electron chi connectivity index (χ0n) is 17.8. The van der Waals surface area contributed by atoms with Gasteiger partial charge in [0.15, 0.2) is 5.76 Å². The van der Waals surface area contributed by atoms with Crippen molar-refractivity contribution in [2.45, 2.75) is 19.9 Å². The minimum Gasteiger partial charge on any atom is -0.477 e. The van der Waals surface area contributed by atoms with E-state index < -0.39 is 0 Å². The molecule has 168 valence electrons. The molecule has 2 aliphatic rings. The fourth-order valence-corrected chi connectivity index (χ4v) is 4.78. The Morgan fingerprint density at radius 3 is 2.52 bits per heavy atom. The molecule has 0 spiro atoms. The number of carbonyl (C=O) groups excluding carboxylic acids is 1. The maximum Gasteiger partial charge on any atom is 0.231 e. The van der Waals surface area contributed by atoms with Gasteiger partial charge in [-0.25, -0.2) is 0 Å². The van der Waals surface area contributed by atoms with E-state index in [0.29, 0.717) is 45.4 Å². The third-order valence-corrected chi connectivity index (χ3v) is 6.72. The molecule has 7 heteroatoms. The van der Waals surface area contributed by atoms with Crippen LogP contribution in [0.2, 0.25) is 15.1 Å². The van der Waals surface area contributed by atoms with Crippen LogP contribution >= 0.6 is 34.8 Å². The molecule has 0 amide bonds. The number of hydrogen-bond acceptors (Lipinski definition) is 4. The molecule has 2 heterocycles. The smallest absolute Gasteiger partial charge is 0.231 e. The average Bonchev–Trinajstić information content (AvgIpc) is 3.10. The monoisotopic (exact) mass is 499 g/mol. The van der Waals surface area contributed by atoms with Gasteiger partial charge in [0.1, 0.15) is 18.2 Å². The number of allylic oxidation sites excluding steroid dienone is 1. The van der Waals surface area contributed by atoms with E-state index in [9.17, 15) is 4.79 Å². The summed E-state index contributed by atoms with van der Waals surface area (Å²) in [5.74, 6) is 1.53. The first-order chi connectivity index (χ1) is 15.9. The molecule has 3 aromatic carbocycles. The Morgan fingerprint density at radius 1 is 1.00 bits per heavy atom. The number of carbonyl (C=O) groups is 1. The van der Waals surface area contributed by atoms with Gasteiger partial charge in [-0.1, -0.05) is 53.0 Å². The number of rotatable bonds is 4. The first-order valence-corrected chi connectivity index (χ1v) is 11.7. The van der Waals surface area contributed by atoms with Gasteiger partial charge in [-0.05, 0) is 60.9 Å². The van der Waals surface area contributed by atoms with E-state index >= 15 is 0 Å². The summed E-state index contributed by atoms with van der Waals surface area (Å²) in [5.41, 5.74) is 4.27. The fourth-order valence-electron chi connectivity index (χ4n) is 4.15. The minimum atomic E-state index is -0.129. The topological polar surface area (TPSA) is 38.8 Å². The van der Waals surface area contributed by atoms with Crippen LogP contribution in [-0.4, -0.2) is 24.0 Å². The predicted octanol–water partition coefficient (Wildman–Crippen LogP) is 6.97. The van der Waals surface area contributed by atoms with Crippen molar-refractivity contribution in [3.05, 3.63) is 97.2 Å². The van der Waals surface area contributed by atoms with Crippen LogP contribution in [0.1, 0.15) is 32.6 Å². The summed E-state index contributed by atoms with van der Waals surface area (Å²) in [7, 11) is 0. The van der Waals surface area contributed by atoms with Crippen molar-refractivity contribution in [3.8, 4) is 11.5 Å². The van der Waals surface area contributed by atoms with Crippen LogP contribution in [0, 0.1) is 6.92 Å². The van der Waals surface area contributed by atoms with Crippen molar-refractivity contribution in [1.29, 1.82) is 0 Å². The Kier molecular flexibility index (Phi) is 6.11. The van der Waals surface area contributed by atoms with Crippen molar-refractivity contribution in [3.63, 3.8) is 0 Å². The lowest BCUT2D eigenvalue weighted by molar-refractivity contribution is 0.0954. The number of ether oxygens (including phenoxy) is 2. The van der Waals surface area contributed by atoms with Gasteiger partial charge in [-0.3, -0.25) is 9.69 Å². The summed E-state index contributed by atoms with van der Waals surface area (Å²) in [5, 5.41) is 1.93. The molecule has 4 nitrogen and oxygen atoms in total. The molecule has 0 unspecified atom stereocenters. The second kappa shape index (κ2) is 9.03. The molecule has 0 N–H and O–H groups in total. The SMILES string of the molecule is Cc1c2c(cc3c1O/C(=C\c1ccc(Cl)cc1)C3=O)CN(CCc1ccc(Cl)cc1Cl)CO2. The summed E-state index contributed by atoms with van der Waals surface area (Å²) in [6, 6.07) is 14.7. The lowest BCUT2D eigenvalue weighted by Crippen LogP contribution is -2.34. The Balaban J connectivity index is 1.35. The highest BCUT2D eigenvalue weighted by atomic mass is 35.5. The molecule has 5 rings (SSSR count). The van der Waals surface area contributed by atoms with E-state index in [1.165, 1.54) is 0 Å². The highest BCUT2D eigenvalue weighted by Gasteiger charge is 2.33. The largest absolute Gasteiger partial charge is 0.477 e. The second-order valence-electron chi connectivity index (χ2n) is 8.17. The molecular weight excluding hydrogens is 481 g/mol. The Hall–Kier alpha value is -2.50. The molecule has 0 saturated heterocycles.